The van der Waals surface area contributed by atoms with Crippen molar-refractivity contribution in [2.75, 3.05) is 5.32 Å². The smallest absolute Gasteiger partial charge is 0.360 e. The molecule has 1 N–H and O–H groups in total. The second-order valence-electron chi connectivity index (χ2n) is 3.24. The minimum atomic E-state index is -5.15. The molecule has 19 heavy (non-hydrogen) atoms. The molecule has 0 heterocycles. The molecule has 0 aliphatic rings. The summed E-state index contributed by atoms with van der Waals surface area (Å²) in [6.45, 7) is 0. The highest BCUT2D eigenvalue weighted by atomic mass is 19.4. The van der Waals surface area contributed by atoms with E-state index in [0.717, 1.165) is 6.20 Å². The van der Waals surface area contributed by atoms with Gasteiger partial charge in [-0.3, -0.25) is 0 Å². The summed E-state index contributed by atoms with van der Waals surface area (Å²) in [7, 11) is 0. The summed E-state index contributed by atoms with van der Waals surface area (Å²) in [5, 5.41) is 18.9. The molecule has 1 aromatic carbocycles. The molecule has 3 nitrogen and oxygen atoms in total. The Hall–Kier alpha value is -2.61. The number of nitrogens with zero attached hydrogens (tertiary/aromatic N) is 2. The van der Waals surface area contributed by atoms with Gasteiger partial charge in [-0.25, -0.2) is 8.78 Å². The van der Waals surface area contributed by atoms with Crippen molar-refractivity contribution in [1.29, 1.82) is 10.5 Å². The zero-order chi connectivity index (χ0) is 14.6. The molecule has 0 bridgehead atoms. The first kappa shape index (κ1) is 14.5. The van der Waals surface area contributed by atoms with E-state index in [-0.39, 0.29) is 5.69 Å². The normalized spacial score (nSPS) is 10.3. The third-order valence-corrected chi connectivity index (χ3v) is 1.95. The van der Waals surface area contributed by atoms with Gasteiger partial charge in [-0.05, 0) is 12.1 Å². The van der Waals surface area contributed by atoms with Gasteiger partial charge in [0.05, 0.1) is 0 Å². The van der Waals surface area contributed by atoms with Gasteiger partial charge in [0.2, 0.25) is 0 Å². The van der Waals surface area contributed by atoms with E-state index in [4.69, 9.17) is 10.5 Å². The first-order valence-corrected chi connectivity index (χ1v) is 4.62. The molecule has 0 amide bonds. The molecule has 0 aliphatic carbocycles. The van der Waals surface area contributed by atoms with Crippen molar-refractivity contribution < 1.29 is 22.0 Å². The first-order chi connectivity index (χ1) is 8.79. The molecule has 0 aliphatic heterocycles. The number of alkyl halides is 3. The van der Waals surface area contributed by atoms with Crippen LogP contribution in [-0.4, -0.2) is 0 Å². The highest BCUT2D eigenvalue weighted by Gasteiger charge is 2.37. The Bertz CT molecular complexity index is 565. The van der Waals surface area contributed by atoms with Gasteiger partial charge < -0.3 is 5.32 Å². The number of anilines is 1. The van der Waals surface area contributed by atoms with Crippen LogP contribution in [0.15, 0.2) is 23.9 Å². The SMILES string of the molecule is N#CC(C#N)=CNc1cc(F)c(C(F)(F)F)c(F)c1. The number of nitrogens with one attached hydrogen (secondary N) is 1. The van der Waals surface area contributed by atoms with Crippen LogP contribution in [0.5, 0.6) is 0 Å². The van der Waals surface area contributed by atoms with Gasteiger partial charge in [-0.1, -0.05) is 0 Å². The van der Waals surface area contributed by atoms with Crippen LogP contribution in [0, 0.1) is 34.3 Å². The van der Waals surface area contributed by atoms with E-state index in [2.05, 4.69) is 5.32 Å². The molecule has 0 aromatic heterocycles. The van der Waals surface area contributed by atoms with Crippen molar-refractivity contribution in [2.45, 2.75) is 6.18 Å². The van der Waals surface area contributed by atoms with E-state index >= 15 is 0 Å². The lowest BCUT2D eigenvalue weighted by Crippen LogP contribution is -2.11. The maximum absolute atomic E-state index is 13.1. The summed E-state index contributed by atoms with van der Waals surface area (Å²) >= 11 is 0. The van der Waals surface area contributed by atoms with Crippen molar-refractivity contribution in [3.8, 4) is 12.1 Å². The van der Waals surface area contributed by atoms with Crippen molar-refractivity contribution in [3.05, 3.63) is 41.1 Å². The molecule has 0 atom stereocenters. The Morgan fingerprint density at radius 3 is 1.95 bits per heavy atom. The fourth-order valence-corrected chi connectivity index (χ4v) is 1.17. The van der Waals surface area contributed by atoms with Gasteiger partial charge in [0.25, 0.3) is 0 Å². The van der Waals surface area contributed by atoms with Crippen LogP contribution in [0.3, 0.4) is 0 Å². The Morgan fingerprint density at radius 2 is 1.58 bits per heavy atom. The molecule has 1 rings (SSSR count). The van der Waals surface area contributed by atoms with Gasteiger partial charge >= 0.3 is 6.18 Å². The number of halogens is 5. The summed E-state index contributed by atoms with van der Waals surface area (Å²) in [5.41, 5.74) is -2.76. The van der Waals surface area contributed by atoms with Crippen LogP contribution in [0.25, 0.3) is 0 Å². The van der Waals surface area contributed by atoms with Gasteiger partial charge in [-0.15, -0.1) is 0 Å². The lowest BCUT2D eigenvalue weighted by molar-refractivity contribution is -0.142. The Kier molecular flexibility index (Phi) is 4.07. The van der Waals surface area contributed by atoms with Crippen LogP contribution in [-0.2, 0) is 6.18 Å². The molecule has 0 spiro atoms. The predicted molar refractivity (Wildman–Crippen MR) is 54.3 cm³/mol. The molecule has 0 unspecified atom stereocenters. The molecule has 1 aromatic rings. The van der Waals surface area contributed by atoms with Crippen molar-refractivity contribution >= 4 is 5.69 Å². The van der Waals surface area contributed by atoms with E-state index in [1.165, 1.54) is 12.1 Å². The maximum Gasteiger partial charge on any atom is 0.422 e. The minimum absolute atomic E-state index is 0.356. The number of hydrogen-bond donors (Lipinski definition) is 1. The van der Waals surface area contributed by atoms with Crippen LogP contribution in [0.4, 0.5) is 27.6 Å². The Morgan fingerprint density at radius 1 is 1.11 bits per heavy atom. The quantitative estimate of drug-likeness (QED) is 0.664. The van der Waals surface area contributed by atoms with E-state index in [0.29, 0.717) is 12.1 Å². The van der Waals surface area contributed by atoms with E-state index in [1.54, 1.807) is 0 Å². The van der Waals surface area contributed by atoms with Crippen molar-refractivity contribution in [3.63, 3.8) is 0 Å². The van der Waals surface area contributed by atoms with E-state index in [1.807, 2.05) is 0 Å². The summed E-state index contributed by atoms with van der Waals surface area (Å²) in [4.78, 5) is 0. The topological polar surface area (TPSA) is 59.6 Å². The van der Waals surface area contributed by atoms with E-state index in [9.17, 15) is 22.0 Å². The number of nitriles is 2. The second-order valence-corrected chi connectivity index (χ2v) is 3.24. The van der Waals surface area contributed by atoms with Crippen LogP contribution >= 0.6 is 0 Å². The lowest BCUT2D eigenvalue weighted by atomic mass is 10.1. The highest BCUT2D eigenvalue weighted by molar-refractivity contribution is 5.51. The van der Waals surface area contributed by atoms with E-state index < -0.39 is 28.9 Å². The zero-order valence-electron chi connectivity index (χ0n) is 9.02. The predicted octanol–water partition coefficient (Wildman–Crippen LogP) is 3.33. The number of hydrogen-bond acceptors (Lipinski definition) is 3. The van der Waals surface area contributed by atoms with Crippen LogP contribution in [0.1, 0.15) is 5.56 Å². The zero-order valence-corrected chi connectivity index (χ0v) is 9.02. The van der Waals surface area contributed by atoms with Gasteiger partial charge in [-0.2, -0.15) is 23.7 Å². The summed E-state index contributed by atoms with van der Waals surface area (Å²) < 4.78 is 63.1. The number of benzene rings is 1. The standard InChI is InChI=1S/C11H4F5N3/c12-8-1-7(19-5-6(3-17)4-18)2-9(13)10(8)11(14,15)16/h1-2,5,19H. The third-order valence-electron chi connectivity index (χ3n) is 1.95. The average molecular weight is 273 g/mol. The molecule has 98 valence electrons. The highest BCUT2D eigenvalue weighted by Crippen LogP contribution is 2.34. The molecule has 0 fully saturated rings. The van der Waals surface area contributed by atoms with Crippen molar-refractivity contribution in [1.82, 2.24) is 0 Å². The summed E-state index contributed by atoms with van der Waals surface area (Å²) in [5.74, 6) is -3.59. The van der Waals surface area contributed by atoms with Crippen LogP contribution < -0.4 is 5.32 Å². The van der Waals surface area contributed by atoms with Gasteiger partial charge in [0, 0.05) is 11.9 Å². The molecule has 8 heteroatoms. The molecule has 0 saturated carbocycles. The number of rotatable bonds is 2. The molecule has 0 radical (unpaired) electrons. The van der Waals surface area contributed by atoms with Crippen LogP contribution in [0.2, 0.25) is 0 Å². The fraction of sp³-hybridized carbons (Fsp3) is 0.0909. The second kappa shape index (κ2) is 5.36. The maximum atomic E-state index is 13.1. The molecular formula is C11H4F5N3. The third kappa shape index (κ3) is 3.42. The van der Waals surface area contributed by atoms with Crippen molar-refractivity contribution in [2.24, 2.45) is 0 Å². The first-order valence-electron chi connectivity index (χ1n) is 4.62. The monoisotopic (exact) mass is 273 g/mol. The largest absolute Gasteiger partial charge is 0.422 e. The Labute approximate surface area is 104 Å². The minimum Gasteiger partial charge on any atom is -0.360 e. The fourth-order valence-electron chi connectivity index (χ4n) is 1.17. The Balaban J connectivity index is 3.14. The summed E-state index contributed by atoms with van der Waals surface area (Å²) in [6.07, 6.45) is -4.32. The molecular weight excluding hydrogens is 269 g/mol. The number of allylic oxidation sites excluding steroid dienone is 1. The molecule has 0 saturated heterocycles. The van der Waals surface area contributed by atoms with Gasteiger partial charge in [0.15, 0.2) is 0 Å². The summed E-state index contributed by atoms with van der Waals surface area (Å²) in [6, 6.07) is 3.74. The average Bonchev–Trinajstić information content (AvgIpc) is 2.27. The van der Waals surface area contributed by atoms with Gasteiger partial charge in [0.1, 0.15) is 34.9 Å². The lowest BCUT2D eigenvalue weighted by Gasteiger charge is -2.10.